The van der Waals surface area contributed by atoms with Crippen LogP contribution in [0.4, 0.5) is 0 Å². The number of hydroxylamine groups is 1. The van der Waals surface area contributed by atoms with E-state index in [-0.39, 0.29) is 4.90 Å². The predicted octanol–water partition coefficient (Wildman–Crippen LogP) is 3.20. The van der Waals surface area contributed by atoms with Crippen LogP contribution in [0.15, 0.2) is 53.4 Å². The molecular formula is C18H19NO4S. The zero-order chi connectivity index (χ0) is 17.2. The summed E-state index contributed by atoms with van der Waals surface area (Å²) in [5, 5.41) is 0. The number of aryl methyl sites for hydroxylation is 2. The lowest BCUT2D eigenvalue weighted by Gasteiger charge is -2.19. The van der Waals surface area contributed by atoms with Crippen LogP contribution in [0.3, 0.4) is 0 Å². The fourth-order valence-corrected chi connectivity index (χ4v) is 3.36. The predicted molar refractivity (Wildman–Crippen MR) is 91.9 cm³/mol. The number of hydrogen-bond acceptors (Lipinski definition) is 5. The number of benzene rings is 2. The van der Waals surface area contributed by atoms with Crippen molar-refractivity contribution in [3.05, 3.63) is 65.2 Å². The van der Waals surface area contributed by atoms with E-state index in [1.165, 1.54) is 12.1 Å². The highest BCUT2D eigenvalue weighted by Crippen LogP contribution is 2.28. The maximum Gasteiger partial charge on any atom is 0.317 e. The van der Waals surface area contributed by atoms with Crippen molar-refractivity contribution in [3.8, 4) is 5.75 Å². The van der Waals surface area contributed by atoms with Crippen LogP contribution < -0.4 is 10.2 Å². The maximum atomic E-state index is 12.3. The second-order valence-electron chi connectivity index (χ2n) is 5.63. The molecule has 2 aromatic rings. The molecule has 5 nitrogen and oxygen atoms in total. The fourth-order valence-electron chi connectivity index (χ4n) is 2.60. The average Bonchev–Trinajstić information content (AvgIpc) is 2.59. The second kappa shape index (κ2) is 6.67. The van der Waals surface area contributed by atoms with Crippen molar-refractivity contribution in [2.24, 2.45) is 0 Å². The molecule has 126 valence electrons. The highest BCUT2D eigenvalue weighted by Gasteiger charge is 2.19. The van der Waals surface area contributed by atoms with Crippen molar-refractivity contribution in [2.75, 3.05) is 7.11 Å². The minimum absolute atomic E-state index is 0.118. The van der Waals surface area contributed by atoms with E-state index >= 15 is 0 Å². The summed E-state index contributed by atoms with van der Waals surface area (Å²) in [6.45, 7) is 1.90. The lowest BCUT2D eigenvalue weighted by Crippen LogP contribution is -2.21. The minimum atomic E-state index is -3.87. The van der Waals surface area contributed by atoms with Gasteiger partial charge in [-0.05, 0) is 55.7 Å². The lowest BCUT2D eigenvalue weighted by atomic mass is 9.95. The topological polar surface area (TPSA) is 64.6 Å². The Morgan fingerprint density at radius 3 is 2.54 bits per heavy atom. The summed E-state index contributed by atoms with van der Waals surface area (Å²) >= 11 is 0. The molecule has 0 saturated carbocycles. The molecule has 1 N–H and O–H groups in total. The molecule has 0 saturated heterocycles. The summed E-state index contributed by atoms with van der Waals surface area (Å²) in [5.74, 6) is 0.781. The largest absolute Gasteiger partial charge is 0.497 e. The first-order valence-corrected chi connectivity index (χ1v) is 9.04. The monoisotopic (exact) mass is 345 g/mol. The van der Waals surface area contributed by atoms with Gasteiger partial charge in [0.25, 0.3) is 0 Å². The molecule has 2 aromatic carbocycles. The molecule has 6 heteroatoms. The zero-order valence-corrected chi connectivity index (χ0v) is 14.4. The number of rotatable bonds is 5. The van der Waals surface area contributed by atoms with Gasteiger partial charge in [0.1, 0.15) is 5.75 Å². The Morgan fingerprint density at radius 2 is 1.83 bits per heavy atom. The Labute approximate surface area is 142 Å². The SMILES string of the molecule is COc1ccc2c(c1)CCC=C2NOS(=O)(=O)c1ccc(C)cc1. The van der Waals surface area contributed by atoms with Crippen molar-refractivity contribution in [2.45, 2.75) is 24.7 Å². The first-order valence-electron chi connectivity index (χ1n) is 7.63. The summed E-state index contributed by atoms with van der Waals surface area (Å²) in [5.41, 5.74) is 6.25. The first kappa shape index (κ1) is 16.5. The summed E-state index contributed by atoms with van der Waals surface area (Å²) in [7, 11) is -2.25. The average molecular weight is 345 g/mol. The molecule has 0 unspecified atom stereocenters. The smallest absolute Gasteiger partial charge is 0.317 e. The van der Waals surface area contributed by atoms with Crippen molar-refractivity contribution in [3.63, 3.8) is 0 Å². The third-order valence-corrected chi connectivity index (χ3v) is 5.09. The maximum absolute atomic E-state index is 12.3. The van der Waals surface area contributed by atoms with E-state index in [0.717, 1.165) is 35.3 Å². The van der Waals surface area contributed by atoms with Gasteiger partial charge in [-0.25, -0.2) is 5.48 Å². The van der Waals surface area contributed by atoms with Gasteiger partial charge in [-0.3, -0.25) is 0 Å². The van der Waals surface area contributed by atoms with E-state index in [0.29, 0.717) is 5.70 Å². The van der Waals surface area contributed by atoms with Gasteiger partial charge in [0.2, 0.25) is 0 Å². The molecule has 0 heterocycles. The normalized spacial score (nSPS) is 13.8. The van der Waals surface area contributed by atoms with E-state index in [4.69, 9.17) is 9.02 Å². The molecule has 3 rings (SSSR count). The Hall–Kier alpha value is -2.31. The van der Waals surface area contributed by atoms with Crippen molar-refractivity contribution >= 4 is 15.8 Å². The third-order valence-electron chi connectivity index (χ3n) is 3.94. The molecule has 0 bridgehead atoms. The molecule has 0 aliphatic heterocycles. The molecule has 1 aliphatic carbocycles. The van der Waals surface area contributed by atoms with Gasteiger partial charge in [0.15, 0.2) is 0 Å². The van der Waals surface area contributed by atoms with E-state index < -0.39 is 10.1 Å². The lowest BCUT2D eigenvalue weighted by molar-refractivity contribution is 0.258. The summed E-state index contributed by atoms with van der Waals surface area (Å²) in [6, 6.07) is 12.2. The quantitative estimate of drug-likeness (QED) is 0.843. The molecule has 0 radical (unpaired) electrons. The van der Waals surface area contributed by atoms with Crippen LogP contribution in [-0.2, 0) is 20.8 Å². The zero-order valence-electron chi connectivity index (χ0n) is 13.6. The Morgan fingerprint density at radius 1 is 1.08 bits per heavy atom. The van der Waals surface area contributed by atoms with Crippen LogP contribution in [0.5, 0.6) is 5.75 Å². The van der Waals surface area contributed by atoms with Gasteiger partial charge in [-0.2, -0.15) is 8.42 Å². The van der Waals surface area contributed by atoms with Gasteiger partial charge < -0.3 is 4.74 Å². The molecule has 0 amide bonds. The minimum Gasteiger partial charge on any atom is -0.497 e. The summed E-state index contributed by atoms with van der Waals surface area (Å²) in [4.78, 5) is 0.118. The van der Waals surface area contributed by atoms with Gasteiger partial charge >= 0.3 is 10.1 Å². The number of hydrogen-bond donors (Lipinski definition) is 1. The molecule has 0 atom stereocenters. The Balaban J connectivity index is 1.78. The molecule has 24 heavy (non-hydrogen) atoms. The van der Waals surface area contributed by atoms with E-state index in [1.54, 1.807) is 19.2 Å². The number of allylic oxidation sites excluding steroid dienone is 1. The van der Waals surface area contributed by atoms with E-state index in [2.05, 4.69) is 5.48 Å². The van der Waals surface area contributed by atoms with E-state index in [1.807, 2.05) is 31.2 Å². The van der Waals surface area contributed by atoms with Crippen LogP contribution in [0.1, 0.15) is 23.1 Å². The molecular weight excluding hydrogens is 326 g/mol. The fraction of sp³-hybridized carbons (Fsp3) is 0.222. The summed E-state index contributed by atoms with van der Waals surface area (Å²) in [6.07, 6.45) is 3.61. The van der Waals surface area contributed by atoms with Crippen molar-refractivity contribution in [1.29, 1.82) is 0 Å². The highest BCUT2D eigenvalue weighted by atomic mass is 32.2. The molecule has 1 aliphatic rings. The number of ether oxygens (including phenoxy) is 1. The highest BCUT2D eigenvalue weighted by molar-refractivity contribution is 7.86. The van der Waals surface area contributed by atoms with Gasteiger partial charge in [0, 0.05) is 5.56 Å². The molecule has 0 spiro atoms. The summed E-state index contributed by atoms with van der Waals surface area (Å²) < 4.78 is 34.8. The van der Waals surface area contributed by atoms with Crippen LogP contribution >= 0.6 is 0 Å². The first-order chi connectivity index (χ1) is 11.5. The van der Waals surface area contributed by atoms with Gasteiger partial charge in [0.05, 0.1) is 17.7 Å². The van der Waals surface area contributed by atoms with Gasteiger partial charge in [-0.15, -0.1) is 4.28 Å². The van der Waals surface area contributed by atoms with E-state index in [9.17, 15) is 8.42 Å². The number of methoxy groups -OCH3 is 1. The van der Waals surface area contributed by atoms with Crippen LogP contribution in [-0.4, -0.2) is 15.5 Å². The number of fused-ring (bicyclic) bond motifs is 1. The van der Waals surface area contributed by atoms with Gasteiger partial charge in [-0.1, -0.05) is 23.8 Å². The Bertz CT molecular complexity index is 870. The second-order valence-corrected chi connectivity index (χ2v) is 7.18. The Kier molecular flexibility index (Phi) is 4.59. The standard InChI is InChI=1S/C18H19NO4S/c1-13-6-9-16(10-7-13)24(20,21)23-19-18-5-3-4-14-12-15(22-2)8-11-17(14)18/h5-12,19H,3-4H2,1-2H3. The molecule has 0 fully saturated rings. The van der Waals surface area contributed by atoms with Crippen molar-refractivity contribution < 1.29 is 17.4 Å². The third kappa shape index (κ3) is 3.44. The van der Waals surface area contributed by atoms with Crippen molar-refractivity contribution in [1.82, 2.24) is 5.48 Å². The number of nitrogens with one attached hydrogen (secondary N) is 1. The molecule has 0 aromatic heterocycles. The van der Waals surface area contributed by atoms with Crippen LogP contribution in [0.25, 0.3) is 5.70 Å². The van der Waals surface area contributed by atoms with Crippen LogP contribution in [0.2, 0.25) is 0 Å². The van der Waals surface area contributed by atoms with Crippen LogP contribution in [0, 0.1) is 6.92 Å².